The molecule has 172 valence electrons. The molecule has 2 aromatic carbocycles. The van der Waals surface area contributed by atoms with Crippen LogP contribution in [0.15, 0.2) is 54.6 Å². The molecule has 2 aromatic rings. The average Bonchev–Trinajstić information content (AvgIpc) is 2.80. The largest absolute Gasteiger partial charge is 0.508 e. The zero-order chi connectivity index (χ0) is 23.2. The first kappa shape index (κ1) is 24.9. The lowest BCUT2D eigenvalue weighted by molar-refractivity contribution is -0.146. The molecule has 0 aliphatic carbocycles. The van der Waals surface area contributed by atoms with Crippen molar-refractivity contribution in [3.05, 3.63) is 65.7 Å². The SMILES string of the molecule is CCCCCNC(=O)C(Cc1ccc(O)cc1)NC(=O)CCC(=O)OCc1ccccc1. The van der Waals surface area contributed by atoms with Crippen molar-refractivity contribution in [1.29, 1.82) is 0 Å². The molecule has 0 fully saturated rings. The van der Waals surface area contributed by atoms with Gasteiger partial charge in [0.15, 0.2) is 0 Å². The number of benzene rings is 2. The van der Waals surface area contributed by atoms with Gasteiger partial charge in [0.05, 0.1) is 6.42 Å². The number of phenolic OH excluding ortho intramolecular Hbond substituents is 1. The predicted octanol–water partition coefficient (Wildman–Crippen LogP) is 3.25. The molecular weight excluding hydrogens is 408 g/mol. The van der Waals surface area contributed by atoms with Gasteiger partial charge in [-0.1, -0.05) is 62.2 Å². The van der Waals surface area contributed by atoms with Gasteiger partial charge in [0.2, 0.25) is 11.8 Å². The maximum Gasteiger partial charge on any atom is 0.306 e. The van der Waals surface area contributed by atoms with Crippen molar-refractivity contribution in [2.75, 3.05) is 6.54 Å². The highest BCUT2D eigenvalue weighted by molar-refractivity contribution is 5.89. The first-order chi connectivity index (χ1) is 15.5. The third-order valence-corrected chi connectivity index (χ3v) is 4.91. The summed E-state index contributed by atoms with van der Waals surface area (Å²) in [4.78, 5) is 37.0. The van der Waals surface area contributed by atoms with E-state index in [1.54, 1.807) is 12.1 Å². The molecule has 2 rings (SSSR count). The highest BCUT2D eigenvalue weighted by Gasteiger charge is 2.21. The number of rotatable bonds is 13. The monoisotopic (exact) mass is 440 g/mol. The van der Waals surface area contributed by atoms with Crippen LogP contribution in [0.2, 0.25) is 0 Å². The fourth-order valence-electron chi connectivity index (χ4n) is 3.08. The average molecular weight is 441 g/mol. The molecule has 2 amide bonds. The number of carbonyl (C=O) groups excluding carboxylic acids is 3. The Labute approximate surface area is 189 Å². The summed E-state index contributed by atoms with van der Waals surface area (Å²) in [7, 11) is 0. The van der Waals surface area contributed by atoms with Crippen LogP contribution >= 0.6 is 0 Å². The lowest BCUT2D eigenvalue weighted by atomic mass is 10.0. The van der Waals surface area contributed by atoms with E-state index < -0.39 is 17.9 Å². The third-order valence-electron chi connectivity index (χ3n) is 4.91. The van der Waals surface area contributed by atoms with Crippen LogP contribution in [0.4, 0.5) is 0 Å². The van der Waals surface area contributed by atoms with Crippen LogP contribution in [0.3, 0.4) is 0 Å². The molecule has 0 radical (unpaired) electrons. The summed E-state index contributed by atoms with van der Waals surface area (Å²) in [6.45, 7) is 2.78. The Morgan fingerprint density at radius 3 is 2.34 bits per heavy atom. The molecule has 7 nitrogen and oxygen atoms in total. The Bertz CT molecular complexity index is 852. The van der Waals surface area contributed by atoms with Gasteiger partial charge in [-0.2, -0.15) is 0 Å². The number of ether oxygens (including phenoxy) is 1. The quantitative estimate of drug-likeness (QED) is 0.328. The number of aromatic hydroxyl groups is 1. The third kappa shape index (κ3) is 9.64. The van der Waals surface area contributed by atoms with E-state index in [0.717, 1.165) is 30.4 Å². The Morgan fingerprint density at radius 1 is 0.938 bits per heavy atom. The number of unbranched alkanes of at least 4 members (excludes halogenated alkanes) is 2. The maximum atomic E-state index is 12.6. The minimum absolute atomic E-state index is 0.0667. The lowest BCUT2D eigenvalue weighted by Gasteiger charge is -2.19. The van der Waals surface area contributed by atoms with E-state index in [0.29, 0.717) is 6.54 Å². The summed E-state index contributed by atoms with van der Waals surface area (Å²) in [6.07, 6.45) is 3.08. The molecule has 0 aliphatic rings. The van der Waals surface area contributed by atoms with Crippen molar-refractivity contribution in [2.24, 2.45) is 0 Å². The summed E-state index contributed by atoms with van der Waals surface area (Å²) in [5.74, 6) is -1.00. The summed E-state index contributed by atoms with van der Waals surface area (Å²) in [5.41, 5.74) is 1.68. The van der Waals surface area contributed by atoms with Crippen molar-refractivity contribution >= 4 is 17.8 Å². The Hall–Kier alpha value is -3.35. The van der Waals surface area contributed by atoms with E-state index in [4.69, 9.17) is 4.74 Å². The molecule has 7 heteroatoms. The van der Waals surface area contributed by atoms with Gasteiger partial charge in [-0.25, -0.2) is 0 Å². The van der Waals surface area contributed by atoms with Gasteiger partial charge >= 0.3 is 5.97 Å². The first-order valence-electron chi connectivity index (χ1n) is 11.0. The van der Waals surface area contributed by atoms with Gasteiger partial charge in [0.1, 0.15) is 18.4 Å². The first-order valence-corrected chi connectivity index (χ1v) is 11.0. The smallest absolute Gasteiger partial charge is 0.306 e. The topological polar surface area (TPSA) is 105 Å². The molecule has 0 aliphatic heterocycles. The van der Waals surface area contributed by atoms with E-state index in [1.165, 1.54) is 12.1 Å². The fraction of sp³-hybridized carbons (Fsp3) is 0.400. The van der Waals surface area contributed by atoms with Crippen LogP contribution in [0, 0.1) is 0 Å². The Kier molecular flexibility index (Phi) is 10.8. The second-order valence-electron chi connectivity index (χ2n) is 7.64. The van der Waals surface area contributed by atoms with Crippen LogP contribution in [0.1, 0.15) is 50.2 Å². The molecule has 0 aromatic heterocycles. The number of amides is 2. The number of hydrogen-bond donors (Lipinski definition) is 3. The number of hydrogen-bond acceptors (Lipinski definition) is 5. The summed E-state index contributed by atoms with van der Waals surface area (Å²) >= 11 is 0. The van der Waals surface area contributed by atoms with Crippen molar-refractivity contribution < 1.29 is 24.2 Å². The maximum absolute atomic E-state index is 12.6. The lowest BCUT2D eigenvalue weighted by Crippen LogP contribution is -2.48. The summed E-state index contributed by atoms with van der Waals surface area (Å²) in [6, 6.07) is 15.0. The molecule has 0 heterocycles. The van der Waals surface area contributed by atoms with Gasteiger partial charge in [-0.15, -0.1) is 0 Å². The van der Waals surface area contributed by atoms with Gasteiger partial charge < -0.3 is 20.5 Å². The minimum Gasteiger partial charge on any atom is -0.508 e. The summed E-state index contributed by atoms with van der Waals surface area (Å²) in [5, 5.41) is 15.0. The zero-order valence-electron chi connectivity index (χ0n) is 18.5. The van der Waals surface area contributed by atoms with Crippen molar-refractivity contribution in [2.45, 2.75) is 58.1 Å². The highest BCUT2D eigenvalue weighted by Crippen LogP contribution is 2.12. The Morgan fingerprint density at radius 2 is 1.66 bits per heavy atom. The normalized spacial score (nSPS) is 11.4. The molecule has 0 spiro atoms. The van der Waals surface area contributed by atoms with Gasteiger partial charge in [0.25, 0.3) is 0 Å². The molecule has 3 N–H and O–H groups in total. The second-order valence-corrected chi connectivity index (χ2v) is 7.64. The van der Waals surface area contributed by atoms with E-state index in [9.17, 15) is 19.5 Å². The van der Waals surface area contributed by atoms with Gasteiger partial charge in [0, 0.05) is 19.4 Å². The van der Waals surface area contributed by atoms with Gasteiger partial charge in [-0.3, -0.25) is 14.4 Å². The molecule has 0 bridgehead atoms. The van der Waals surface area contributed by atoms with Gasteiger partial charge in [-0.05, 0) is 29.7 Å². The number of carbonyl (C=O) groups is 3. The Balaban J connectivity index is 1.85. The van der Waals surface area contributed by atoms with Crippen LogP contribution in [-0.4, -0.2) is 35.5 Å². The van der Waals surface area contributed by atoms with Crippen LogP contribution < -0.4 is 10.6 Å². The number of esters is 1. The standard InChI is InChI=1S/C25H32N2O5/c1-2-3-7-16-26-25(31)22(17-19-10-12-21(28)13-11-19)27-23(29)14-15-24(30)32-18-20-8-5-4-6-9-20/h4-6,8-13,22,28H,2-3,7,14-18H2,1H3,(H,26,31)(H,27,29). The van der Waals surface area contributed by atoms with Crippen LogP contribution in [-0.2, 0) is 32.1 Å². The predicted molar refractivity (Wildman–Crippen MR) is 122 cm³/mol. The fourth-order valence-corrected chi connectivity index (χ4v) is 3.08. The summed E-state index contributed by atoms with van der Waals surface area (Å²) < 4.78 is 5.19. The van der Waals surface area contributed by atoms with Crippen LogP contribution in [0.25, 0.3) is 0 Å². The minimum atomic E-state index is -0.769. The molecule has 32 heavy (non-hydrogen) atoms. The van der Waals surface area contributed by atoms with Crippen LogP contribution in [0.5, 0.6) is 5.75 Å². The van der Waals surface area contributed by atoms with Crippen molar-refractivity contribution in [3.63, 3.8) is 0 Å². The zero-order valence-corrected chi connectivity index (χ0v) is 18.5. The van der Waals surface area contributed by atoms with E-state index in [-0.39, 0.29) is 37.5 Å². The van der Waals surface area contributed by atoms with Crippen molar-refractivity contribution in [3.8, 4) is 5.75 Å². The molecule has 1 atom stereocenters. The molecule has 1 unspecified atom stereocenters. The van der Waals surface area contributed by atoms with E-state index >= 15 is 0 Å². The second kappa shape index (κ2) is 13.9. The van der Waals surface area contributed by atoms with E-state index in [1.807, 2.05) is 30.3 Å². The molecule has 0 saturated heterocycles. The molecule has 0 saturated carbocycles. The van der Waals surface area contributed by atoms with E-state index in [2.05, 4.69) is 17.6 Å². The number of nitrogens with one attached hydrogen (secondary N) is 2. The molecular formula is C25H32N2O5. The van der Waals surface area contributed by atoms with Crippen molar-refractivity contribution in [1.82, 2.24) is 10.6 Å². The highest BCUT2D eigenvalue weighted by atomic mass is 16.5. The number of phenols is 1.